The zero-order valence-electron chi connectivity index (χ0n) is 16.5. The molecule has 0 spiro atoms. The van der Waals surface area contributed by atoms with Crippen LogP contribution in [0.1, 0.15) is 28.4 Å². The van der Waals surface area contributed by atoms with Gasteiger partial charge in [0.15, 0.2) is 5.82 Å². The summed E-state index contributed by atoms with van der Waals surface area (Å²) in [6.07, 6.45) is 1.81. The van der Waals surface area contributed by atoms with Gasteiger partial charge >= 0.3 is 0 Å². The number of benzene rings is 1. The number of nitrogens with zero attached hydrogens (tertiary/aromatic N) is 4. The molecule has 1 fully saturated rings. The maximum atomic E-state index is 6.11. The highest BCUT2D eigenvalue weighted by molar-refractivity contribution is 5.85. The summed E-state index contributed by atoms with van der Waals surface area (Å²) >= 11 is 0. The Balaban J connectivity index is 0.00000225. The van der Waals surface area contributed by atoms with E-state index >= 15 is 0 Å². The molecule has 2 atom stereocenters. The summed E-state index contributed by atoms with van der Waals surface area (Å²) in [4.78, 5) is 6.97. The van der Waals surface area contributed by atoms with E-state index in [2.05, 4.69) is 54.1 Å². The van der Waals surface area contributed by atoms with Crippen molar-refractivity contribution in [2.24, 2.45) is 11.7 Å². The molecule has 0 aliphatic carbocycles. The van der Waals surface area contributed by atoms with Crippen molar-refractivity contribution in [3.63, 3.8) is 0 Å². The number of hydrogen-bond donors (Lipinski definition) is 1. The van der Waals surface area contributed by atoms with Gasteiger partial charge in [-0.1, -0.05) is 36.4 Å². The van der Waals surface area contributed by atoms with E-state index in [1.165, 1.54) is 16.8 Å². The molecule has 0 radical (unpaired) electrons. The van der Waals surface area contributed by atoms with Crippen LogP contribution in [0, 0.1) is 19.8 Å². The van der Waals surface area contributed by atoms with E-state index in [1.54, 1.807) is 0 Å². The van der Waals surface area contributed by atoms with Gasteiger partial charge in [0, 0.05) is 43.0 Å². The highest BCUT2D eigenvalue weighted by Gasteiger charge is 2.33. The molecule has 2 N–H and O–H groups in total. The molecule has 0 amide bonds. The number of nitrogens with two attached hydrogens (primary N) is 1. The summed E-state index contributed by atoms with van der Waals surface area (Å²) in [5, 5.41) is 4.74. The molecule has 0 saturated carbocycles. The molecular weight excluding hydrogens is 370 g/mol. The van der Waals surface area contributed by atoms with Gasteiger partial charge in [0.1, 0.15) is 0 Å². The first-order valence-corrected chi connectivity index (χ1v) is 9.61. The van der Waals surface area contributed by atoms with Gasteiger partial charge in [-0.2, -0.15) is 5.10 Å². The zero-order valence-corrected chi connectivity index (χ0v) is 17.3. The van der Waals surface area contributed by atoms with Crippen molar-refractivity contribution in [2.75, 3.05) is 19.6 Å². The lowest BCUT2D eigenvalue weighted by Crippen LogP contribution is -2.23. The Bertz CT molecular complexity index is 894. The van der Waals surface area contributed by atoms with E-state index in [-0.39, 0.29) is 12.4 Å². The molecule has 28 heavy (non-hydrogen) atoms. The van der Waals surface area contributed by atoms with E-state index < -0.39 is 0 Å². The molecule has 4 rings (SSSR count). The first kappa shape index (κ1) is 20.5. The fourth-order valence-electron chi connectivity index (χ4n) is 4.24. The highest BCUT2D eigenvalue weighted by Crippen LogP contribution is 2.33. The maximum absolute atomic E-state index is 6.11. The van der Waals surface area contributed by atoms with Gasteiger partial charge in [-0.3, -0.25) is 4.90 Å². The zero-order chi connectivity index (χ0) is 18.8. The van der Waals surface area contributed by atoms with Crippen LogP contribution in [0.3, 0.4) is 0 Å². The molecule has 2 aromatic heterocycles. The SMILES string of the molecule is Cc1nn(-c2ccccn2)c(C)c1CN1C[C@@H](CN)[C@H](c2ccccc2)C1.Cl. The normalized spacial score (nSPS) is 19.5. The second-order valence-electron chi connectivity index (χ2n) is 7.46. The predicted molar refractivity (Wildman–Crippen MR) is 115 cm³/mol. The molecule has 6 heteroatoms. The van der Waals surface area contributed by atoms with Crippen LogP contribution in [0.5, 0.6) is 0 Å². The minimum atomic E-state index is 0. The monoisotopic (exact) mass is 397 g/mol. The van der Waals surface area contributed by atoms with Crippen LogP contribution in [0.2, 0.25) is 0 Å². The van der Waals surface area contributed by atoms with Crippen molar-refractivity contribution >= 4 is 12.4 Å². The van der Waals surface area contributed by atoms with E-state index in [0.29, 0.717) is 11.8 Å². The van der Waals surface area contributed by atoms with Crippen LogP contribution in [0.15, 0.2) is 54.7 Å². The predicted octanol–water partition coefficient (Wildman–Crippen LogP) is 3.48. The molecule has 1 aliphatic rings. The summed E-state index contributed by atoms with van der Waals surface area (Å²) in [6.45, 7) is 7.93. The van der Waals surface area contributed by atoms with Crippen molar-refractivity contribution in [2.45, 2.75) is 26.3 Å². The van der Waals surface area contributed by atoms with E-state index in [9.17, 15) is 0 Å². The van der Waals surface area contributed by atoms with Crippen molar-refractivity contribution in [3.8, 4) is 5.82 Å². The van der Waals surface area contributed by atoms with Gasteiger partial charge in [-0.05, 0) is 44.0 Å². The number of halogens is 1. The first-order chi connectivity index (χ1) is 13.2. The van der Waals surface area contributed by atoms with Gasteiger partial charge < -0.3 is 5.73 Å². The molecule has 148 valence electrons. The number of aryl methyl sites for hydroxylation is 1. The molecular formula is C22H28ClN5. The number of rotatable bonds is 5. The average Bonchev–Trinajstić information content (AvgIpc) is 3.25. The van der Waals surface area contributed by atoms with Crippen molar-refractivity contribution in [3.05, 3.63) is 77.2 Å². The third kappa shape index (κ3) is 3.97. The highest BCUT2D eigenvalue weighted by atomic mass is 35.5. The lowest BCUT2D eigenvalue weighted by molar-refractivity contribution is 0.315. The van der Waals surface area contributed by atoms with Crippen LogP contribution in [-0.4, -0.2) is 39.3 Å². The molecule has 1 aliphatic heterocycles. The summed E-state index contributed by atoms with van der Waals surface area (Å²) in [6, 6.07) is 16.7. The van der Waals surface area contributed by atoms with Crippen LogP contribution < -0.4 is 5.73 Å². The molecule has 1 aromatic carbocycles. The summed E-state index contributed by atoms with van der Waals surface area (Å²) < 4.78 is 1.95. The van der Waals surface area contributed by atoms with Gasteiger partial charge in [-0.25, -0.2) is 9.67 Å². The Hall–Kier alpha value is -2.21. The van der Waals surface area contributed by atoms with Crippen LogP contribution in [0.25, 0.3) is 5.82 Å². The van der Waals surface area contributed by atoms with Crippen molar-refractivity contribution in [1.29, 1.82) is 0 Å². The number of pyridine rings is 1. The van der Waals surface area contributed by atoms with Gasteiger partial charge in [0.2, 0.25) is 0 Å². The van der Waals surface area contributed by atoms with Crippen molar-refractivity contribution in [1.82, 2.24) is 19.7 Å². The lowest BCUT2D eigenvalue weighted by Gasteiger charge is -2.17. The fourth-order valence-corrected chi connectivity index (χ4v) is 4.24. The van der Waals surface area contributed by atoms with Gasteiger partial charge in [-0.15, -0.1) is 12.4 Å². The molecule has 0 bridgehead atoms. The lowest BCUT2D eigenvalue weighted by atomic mass is 9.89. The summed E-state index contributed by atoms with van der Waals surface area (Å²) in [7, 11) is 0. The molecule has 5 nitrogen and oxygen atoms in total. The van der Waals surface area contributed by atoms with E-state index in [0.717, 1.165) is 37.7 Å². The molecule has 3 heterocycles. The standard InChI is InChI=1S/C22H27N5.ClH/c1-16-20(17(2)27(25-16)22-10-6-7-11-24-22)14-26-13-19(12-23)21(15-26)18-8-4-3-5-9-18;/h3-11,19,21H,12-15,23H2,1-2H3;1H/t19-,21+;/m1./s1. The Morgan fingerprint density at radius 3 is 2.46 bits per heavy atom. The van der Waals surface area contributed by atoms with Crippen LogP contribution in [0.4, 0.5) is 0 Å². The Labute approximate surface area is 173 Å². The molecule has 0 unspecified atom stereocenters. The minimum Gasteiger partial charge on any atom is -0.330 e. The largest absolute Gasteiger partial charge is 0.330 e. The second kappa shape index (κ2) is 8.86. The Morgan fingerprint density at radius 1 is 1.04 bits per heavy atom. The fraction of sp³-hybridized carbons (Fsp3) is 0.364. The Morgan fingerprint density at radius 2 is 1.79 bits per heavy atom. The maximum Gasteiger partial charge on any atom is 0.153 e. The topological polar surface area (TPSA) is 60.0 Å². The first-order valence-electron chi connectivity index (χ1n) is 9.61. The second-order valence-corrected chi connectivity index (χ2v) is 7.46. The number of hydrogen-bond acceptors (Lipinski definition) is 4. The Kier molecular flexibility index (Phi) is 6.50. The molecule has 3 aromatic rings. The van der Waals surface area contributed by atoms with Gasteiger partial charge in [0.05, 0.1) is 5.69 Å². The third-order valence-corrected chi connectivity index (χ3v) is 5.74. The van der Waals surface area contributed by atoms with E-state index in [4.69, 9.17) is 10.8 Å². The smallest absolute Gasteiger partial charge is 0.153 e. The van der Waals surface area contributed by atoms with Gasteiger partial charge in [0.25, 0.3) is 0 Å². The molecule has 1 saturated heterocycles. The minimum absolute atomic E-state index is 0. The van der Waals surface area contributed by atoms with E-state index in [1.807, 2.05) is 29.1 Å². The quantitative estimate of drug-likeness (QED) is 0.716. The summed E-state index contributed by atoms with van der Waals surface area (Å²) in [5.41, 5.74) is 11.0. The van der Waals surface area contributed by atoms with Crippen LogP contribution >= 0.6 is 12.4 Å². The number of likely N-dealkylation sites (tertiary alicyclic amines) is 1. The van der Waals surface area contributed by atoms with Crippen LogP contribution in [-0.2, 0) is 6.54 Å². The van der Waals surface area contributed by atoms with Crippen molar-refractivity contribution < 1.29 is 0 Å². The average molecular weight is 398 g/mol. The number of aromatic nitrogens is 3. The summed E-state index contributed by atoms with van der Waals surface area (Å²) in [5.74, 6) is 1.87. The third-order valence-electron chi connectivity index (χ3n) is 5.74.